The Balaban J connectivity index is 2.45. The molecule has 0 aliphatic carbocycles. The number of carbonyl (C=O) groups excluding carboxylic acids is 1. The van der Waals surface area contributed by atoms with Gasteiger partial charge in [-0.1, -0.05) is 0 Å². The summed E-state index contributed by atoms with van der Waals surface area (Å²) in [6.45, 7) is 0. The molecule has 100 valence electrons. The van der Waals surface area contributed by atoms with Crippen LogP contribution in [-0.2, 0) is 4.79 Å². The molecule has 1 aliphatic rings. The number of guanidine groups is 1. The summed E-state index contributed by atoms with van der Waals surface area (Å²) in [6.07, 6.45) is 1.62. The molecular weight excluding hydrogens is 314 g/mol. The van der Waals surface area contributed by atoms with E-state index in [2.05, 4.69) is 20.9 Å². The summed E-state index contributed by atoms with van der Waals surface area (Å²) in [6, 6.07) is 3.28. The van der Waals surface area contributed by atoms with E-state index < -0.39 is 5.91 Å². The van der Waals surface area contributed by atoms with Crippen molar-refractivity contribution in [2.45, 2.75) is 0 Å². The lowest BCUT2D eigenvalue weighted by molar-refractivity contribution is -0.114. The summed E-state index contributed by atoms with van der Waals surface area (Å²) < 4.78 is 5.52. The summed E-state index contributed by atoms with van der Waals surface area (Å²) >= 11 is 3.22. The van der Waals surface area contributed by atoms with Gasteiger partial charge in [0.15, 0.2) is 11.5 Å². The third kappa shape index (κ3) is 2.41. The fraction of sp³-hybridized carbons (Fsp3) is 0.167. The van der Waals surface area contributed by atoms with E-state index in [0.717, 1.165) is 0 Å². The molecule has 0 saturated carbocycles. The van der Waals surface area contributed by atoms with Crippen molar-refractivity contribution >= 4 is 33.9 Å². The third-order valence-corrected chi connectivity index (χ3v) is 3.32. The fourth-order valence-electron chi connectivity index (χ4n) is 1.65. The molecule has 6 nitrogen and oxygen atoms in total. The van der Waals surface area contributed by atoms with Crippen LogP contribution in [0.15, 0.2) is 27.3 Å². The van der Waals surface area contributed by atoms with Gasteiger partial charge in [0.25, 0.3) is 5.91 Å². The second kappa shape index (κ2) is 4.93. The van der Waals surface area contributed by atoms with Gasteiger partial charge in [0.2, 0.25) is 5.96 Å². The number of carbonyl (C=O) groups is 1. The van der Waals surface area contributed by atoms with E-state index in [1.54, 1.807) is 25.3 Å². The zero-order valence-corrected chi connectivity index (χ0v) is 11.9. The van der Waals surface area contributed by atoms with Crippen molar-refractivity contribution in [3.63, 3.8) is 0 Å². The Hall–Kier alpha value is -2.02. The van der Waals surface area contributed by atoms with Crippen LogP contribution in [0.2, 0.25) is 0 Å². The molecule has 2 rings (SSSR count). The van der Waals surface area contributed by atoms with Gasteiger partial charge in [-0.2, -0.15) is 4.99 Å². The van der Waals surface area contributed by atoms with Gasteiger partial charge in [-0.25, -0.2) is 0 Å². The quantitative estimate of drug-likeness (QED) is 0.800. The van der Waals surface area contributed by atoms with Gasteiger partial charge in [0.1, 0.15) is 5.70 Å². The maximum absolute atomic E-state index is 11.6. The summed E-state index contributed by atoms with van der Waals surface area (Å²) in [5.41, 5.74) is 6.60. The van der Waals surface area contributed by atoms with E-state index in [4.69, 9.17) is 10.5 Å². The lowest BCUT2D eigenvalue weighted by Gasteiger charge is -2.12. The molecule has 0 unspecified atom stereocenters. The van der Waals surface area contributed by atoms with Crippen molar-refractivity contribution in [3.8, 4) is 11.5 Å². The lowest BCUT2D eigenvalue weighted by Crippen LogP contribution is -2.28. The van der Waals surface area contributed by atoms with E-state index in [0.29, 0.717) is 21.5 Å². The highest BCUT2D eigenvalue weighted by Crippen LogP contribution is 2.36. The Bertz CT molecular complexity index is 610. The summed E-state index contributed by atoms with van der Waals surface area (Å²) in [5.74, 6) is 0.0685. The molecule has 0 saturated heterocycles. The van der Waals surface area contributed by atoms with Crippen LogP contribution in [0.3, 0.4) is 0 Å². The monoisotopic (exact) mass is 325 g/mol. The minimum Gasteiger partial charge on any atom is -0.503 e. The summed E-state index contributed by atoms with van der Waals surface area (Å²) in [4.78, 5) is 16.8. The number of phenols is 1. The molecule has 0 radical (unpaired) electrons. The molecule has 1 amide bonds. The van der Waals surface area contributed by atoms with E-state index in [1.165, 1.54) is 12.0 Å². The van der Waals surface area contributed by atoms with Gasteiger partial charge < -0.3 is 20.5 Å². The maximum Gasteiger partial charge on any atom is 0.296 e. The van der Waals surface area contributed by atoms with Gasteiger partial charge in [-0.3, -0.25) is 4.79 Å². The molecule has 1 aliphatic heterocycles. The third-order valence-electron chi connectivity index (χ3n) is 2.71. The Morgan fingerprint density at radius 3 is 2.74 bits per heavy atom. The molecule has 1 aromatic rings. The highest BCUT2D eigenvalue weighted by atomic mass is 79.9. The number of ether oxygens (including phenoxy) is 1. The molecule has 1 heterocycles. The Labute approximate surface area is 118 Å². The predicted molar refractivity (Wildman–Crippen MR) is 74.7 cm³/mol. The number of amides is 1. The number of aliphatic imine (C=N–C) groups is 1. The molecular formula is C12H12BrN3O3. The lowest BCUT2D eigenvalue weighted by atomic mass is 10.1. The summed E-state index contributed by atoms with van der Waals surface area (Å²) in [5, 5.41) is 9.72. The van der Waals surface area contributed by atoms with E-state index >= 15 is 0 Å². The number of phenolic OH excluding ortho intramolecular Hbond substituents is 1. The zero-order valence-electron chi connectivity index (χ0n) is 10.3. The smallest absolute Gasteiger partial charge is 0.296 e. The van der Waals surface area contributed by atoms with Crippen molar-refractivity contribution < 1.29 is 14.6 Å². The first kappa shape index (κ1) is 13.4. The standard InChI is InChI=1S/C12H12BrN3O3/c1-16-8(11(18)15-12(16)14)4-6-3-7(13)10(17)9(5-6)19-2/h3-5,17H,1-2H3,(H2,14,15,18). The van der Waals surface area contributed by atoms with Crippen LogP contribution in [0.1, 0.15) is 5.56 Å². The topological polar surface area (TPSA) is 88.1 Å². The highest BCUT2D eigenvalue weighted by molar-refractivity contribution is 9.10. The molecule has 7 heteroatoms. The number of nitrogens with zero attached hydrogens (tertiary/aromatic N) is 2. The number of hydrogen-bond acceptors (Lipinski definition) is 5. The minimum atomic E-state index is -0.400. The van der Waals surface area contributed by atoms with Crippen LogP contribution >= 0.6 is 15.9 Å². The van der Waals surface area contributed by atoms with E-state index in [9.17, 15) is 9.90 Å². The van der Waals surface area contributed by atoms with Crippen molar-refractivity contribution in [1.82, 2.24) is 4.90 Å². The highest BCUT2D eigenvalue weighted by Gasteiger charge is 2.24. The van der Waals surface area contributed by atoms with Gasteiger partial charge in [0, 0.05) is 7.05 Å². The Morgan fingerprint density at radius 1 is 1.53 bits per heavy atom. The van der Waals surface area contributed by atoms with E-state index in [-0.39, 0.29) is 11.7 Å². The average molecular weight is 326 g/mol. The number of rotatable bonds is 2. The molecule has 3 N–H and O–H groups in total. The van der Waals surface area contributed by atoms with Crippen LogP contribution in [-0.4, -0.2) is 36.0 Å². The summed E-state index contributed by atoms with van der Waals surface area (Å²) in [7, 11) is 3.11. The minimum absolute atomic E-state index is 0.00603. The van der Waals surface area contributed by atoms with Crippen LogP contribution in [0.25, 0.3) is 6.08 Å². The SMILES string of the molecule is COc1cc(C=C2C(=O)N=C(N)N2C)cc(Br)c1O. The zero-order chi connectivity index (χ0) is 14.2. The van der Waals surface area contributed by atoms with Gasteiger partial charge in [0.05, 0.1) is 11.6 Å². The van der Waals surface area contributed by atoms with Crippen LogP contribution in [0, 0.1) is 0 Å². The molecule has 1 aromatic carbocycles. The number of benzene rings is 1. The number of methoxy groups -OCH3 is 1. The number of halogens is 1. The Kier molecular flexibility index (Phi) is 3.48. The average Bonchev–Trinajstić information content (AvgIpc) is 2.60. The van der Waals surface area contributed by atoms with Gasteiger partial charge in [-0.15, -0.1) is 0 Å². The van der Waals surface area contributed by atoms with Crippen molar-refractivity contribution in [1.29, 1.82) is 0 Å². The normalized spacial score (nSPS) is 17.0. The first-order chi connectivity index (χ1) is 8.93. The largest absolute Gasteiger partial charge is 0.503 e. The number of nitrogens with two attached hydrogens (primary N) is 1. The van der Waals surface area contributed by atoms with Crippen molar-refractivity contribution in [3.05, 3.63) is 27.9 Å². The first-order valence-corrected chi connectivity index (χ1v) is 6.13. The first-order valence-electron chi connectivity index (χ1n) is 5.34. The Morgan fingerprint density at radius 2 is 2.21 bits per heavy atom. The number of hydrogen-bond donors (Lipinski definition) is 2. The fourth-order valence-corrected chi connectivity index (χ4v) is 2.11. The molecule has 0 spiro atoms. The molecule has 0 fully saturated rings. The molecule has 0 bridgehead atoms. The number of aromatic hydroxyl groups is 1. The van der Waals surface area contributed by atoms with E-state index in [1.807, 2.05) is 0 Å². The predicted octanol–water partition coefficient (Wildman–Crippen LogP) is 1.29. The second-order valence-electron chi connectivity index (χ2n) is 3.92. The van der Waals surface area contributed by atoms with Gasteiger partial charge >= 0.3 is 0 Å². The van der Waals surface area contributed by atoms with Crippen LogP contribution < -0.4 is 10.5 Å². The maximum atomic E-state index is 11.6. The molecule has 19 heavy (non-hydrogen) atoms. The number of likely N-dealkylation sites (N-methyl/N-ethyl adjacent to an activating group) is 1. The molecule has 0 atom stereocenters. The molecule has 0 aromatic heterocycles. The van der Waals surface area contributed by atoms with Crippen LogP contribution in [0.5, 0.6) is 11.5 Å². The van der Waals surface area contributed by atoms with Crippen LogP contribution in [0.4, 0.5) is 0 Å². The van der Waals surface area contributed by atoms with Crippen molar-refractivity contribution in [2.75, 3.05) is 14.2 Å². The van der Waals surface area contributed by atoms with Gasteiger partial charge in [-0.05, 0) is 39.7 Å². The van der Waals surface area contributed by atoms with Crippen molar-refractivity contribution in [2.24, 2.45) is 10.7 Å². The second-order valence-corrected chi connectivity index (χ2v) is 4.77.